The van der Waals surface area contributed by atoms with Crippen LogP contribution in [0.2, 0.25) is 0 Å². The van der Waals surface area contributed by atoms with Gasteiger partial charge in [-0.15, -0.1) is 0 Å². The number of carbonyl (C=O) groups is 1. The zero-order valence-corrected chi connectivity index (χ0v) is 18.9. The fourth-order valence-electron chi connectivity index (χ4n) is 7.46. The number of hydrogen-bond acceptors (Lipinski definition) is 2. The average molecular weight is 448 g/mol. The second kappa shape index (κ2) is 6.86. The Morgan fingerprint density at radius 2 is 1.82 bits per heavy atom. The van der Waals surface area contributed by atoms with Gasteiger partial charge in [0.2, 0.25) is 0 Å². The minimum absolute atomic E-state index is 0.0207. The van der Waals surface area contributed by atoms with Crippen molar-refractivity contribution in [2.75, 3.05) is 0 Å². The van der Waals surface area contributed by atoms with E-state index in [1.807, 2.05) is 12.1 Å². The molecule has 170 valence electrons. The van der Waals surface area contributed by atoms with Gasteiger partial charge in [0.05, 0.1) is 6.04 Å². The Balaban J connectivity index is 1.50. The second-order valence-electron chi connectivity index (χ2n) is 10.8. The quantitative estimate of drug-likeness (QED) is 0.572. The van der Waals surface area contributed by atoms with Crippen molar-refractivity contribution in [2.24, 2.45) is 5.41 Å². The van der Waals surface area contributed by atoms with E-state index in [2.05, 4.69) is 30.9 Å². The van der Waals surface area contributed by atoms with Gasteiger partial charge in [-0.2, -0.15) is 0 Å². The van der Waals surface area contributed by atoms with Crippen LogP contribution in [-0.2, 0) is 11.2 Å². The number of rotatable bonds is 4. The smallest absolute Gasteiger partial charge is 0.328 e. The van der Waals surface area contributed by atoms with Gasteiger partial charge in [-0.05, 0) is 90.5 Å². The maximum Gasteiger partial charge on any atom is 0.328 e. The van der Waals surface area contributed by atoms with E-state index in [1.165, 1.54) is 34.9 Å². The maximum atomic E-state index is 15.6. The average Bonchev–Trinajstić information content (AvgIpc) is 3.07. The molecule has 3 saturated carbocycles. The lowest BCUT2D eigenvalue weighted by Gasteiger charge is -2.75. The molecule has 1 aliphatic heterocycles. The lowest BCUT2D eigenvalue weighted by molar-refractivity contribution is -0.231. The molecule has 5 heteroatoms. The maximum absolute atomic E-state index is 15.6. The summed E-state index contributed by atoms with van der Waals surface area (Å²) in [6.07, 6.45) is 6.99. The van der Waals surface area contributed by atoms with Gasteiger partial charge in [-0.3, -0.25) is 4.90 Å². The van der Waals surface area contributed by atoms with Gasteiger partial charge in [0.1, 0.15) is 11.6 Å². The number of nitrogens with zero attached hydrogens (tertiary/aromatic N) is 1. The van der Waals surface area contributed by atoms with Crippen molar-refractivity contribution in [1.82, 2.24) is 4.90 Å². The van der Waals surface area contributed by atoms with Crippen LogP contribution in [0.1, 0.15) is 67.8 Å². The minimum atomic E-state index is -1.15. The van der Waals surface area contributed by atoms with Crippen molar-refractivity contribution in [3.63, 3.8) is 0 Å². The summed E-state index contributed by atoms with van der Waals surface area (Å²) in [4.78, 5) is 13.3. The number of halogens is 2. The molecular weight excluding hydrogens is 420 g/mol. The summed E-state index contributed by atoms with van der Waals surface area (Å²) in [5.41, 5.74) is 5.52. The standard InChI is InChI=1S/C28H27F2NO2/c1-16-9-20-19-6-4-3-5-18(19)12-21(20)26(31(16)28-13-27(2,14-28)15-28)25-22(29)10-17(11-23(25)30)7-8-24(32)33/h3-8,10-11,16,26H,9,12-15H2,1-2H3,(H,32,33)/b8-7+/t16-,26+,27?,28?/m1/s1. The molecule has 33 heavy (non-hydrogen) atoms. The van der Waals surface area contributed by atoms with Crippen molar-refractivity contribution < 1.29 is 18.7 Å². The highest BCUT2D eigenvalue weighted by Gasteiger charge is 2.69. The highest BCUT2D eigenvalue weighted by molar-refractivity contribution is 5.85. The number of carboxylic acids is 1. The molecule has 4 aliphatic carbocycles. The Kier molecular flexibility index (Phi) is 4.32. The Morgan fingerprint density at radius 1 is 1.15 bits per heavy atom. The Morgan fingerprint density at radius 3 is 2.45 bits per heavy atom. The van der Waals surface area contributed by atoms with Crippen LogP contribution >= 0.6 is 0 Å². The number of aliphatic carboxylic acids is 1. The van der Waals surface area contributed by atoms with Crippen LogP contribution in [0.15, 0.2) is 48.0 Å². The van der Waals surface area contributed by atoms with E-state index in [0.717, 1.165) is 37.3 Å². The van der Waals surface area contributed by atoms with Crippen LogP contribution in [0.4, 0.5) is 8.78 Å². The van der Waals surface area contributed by atoms with Crippen LogP contribution < -0.4 is 0 Å². The first kappa shape index (κ1) is 20.8. The van der Waals surface area contributed by atoms with E-state index in [-0.39, 0.29) is 22.7 Å². The molecule has 0 saturated heterocycles. The molecule has 0 radical (unpaired) electrons. The van der Waals surface area contributed by atoms with Gasteiger partial charge < -0.3 is 5.11 Å². The van der Waals surface area contributed by atoms with Gasteiger partial charge in [-0.25, -0.2) is 13.6 Å². The summed E-state index contributed by atoms with van der Waals surface area (Å²) in [5.74, 6) is -2.36. The number of fused-ring (bicyclic) bond motifs is 2. The largest absolute Gasteiger partial charge is 0.478 e. The van der Waals surface area contributed by atoms with E-state index in [9.17, 15) is 4.79 Å². The normalized spacial score (nSPS) is 32.4. The van der Waals surface area contributed by atoms with Crippen molar-refractivity contribution in [3.8, 4) is 0 Å². The Labute approximate surface area is 192 Å². The third kappa shape index (κ3) is 2.98. The van der Waals surface area contributed by atoms with Crippen LogP contribution in [0.5, 0.6) is 0 Å². The van der Waals surface area contributed by atoms with E-state index >= 15 is 8.78 Å². The van der Waals surface area contributed by atoms with Crippen molar-refractivity contribution in [1.29, 1.82) is 0 Å². The number of benzene rings is 2. The summed E-state index contributed by atoms with van der Waals surface area (Å²) in [7, 11) is 0. The Bertz CT molecular complexity index is 1220. The van der Waals surface area contributed by atoms with Gasteiger partial charge in [0.25, 0.3) is 0 Å². The van der Waals surface area contributed by atoms with Crippen LogP contribution in [-0.4, -0.2) is 27.6 Å². The molecule has 2 aromatic rings. The molecule has 0 unspecified atom stereocenters. The predicted molar refractivity (Wildman–Crippen MR) is 123 cm³/mol. The first-order valence-corrected chi connectivity index (χ1v) is 11.7. The first-order chi connectivity index (χ1) is 15.7. The molecule has 2 atom stereocenters. The molecule has 0 amide bonds. The molecule has 7 rings (SSSR count). The third-order valence-corrected chi connectivity index (χ3v) is 8.30. The second-order valence-corrected chi connectivity index (χ2v) is 10.8. The Hall–Kier alpha value is -2.79. The highest BCUT2D eigenvalue weighted by Crippen LogP contribution is 2.72. The zero-order chi connectivity index (χ0) is 23.1. The van der Waals surface area contributed by atoms with E-state index in [1.54, 1.807) is 0 Å². The first-order valence-electron chi connectivity index (χ1n) is 11.7. The van der Waals surface area contributed by atoms with E-state index < -0.39 is 23.6 Å². The van der Waals surface area contributed by atoms with Gasteiger partial charge in [0, 0.05) is 23.2 Å². The molecule has 0 spiro atoms. The van der Waals surface area contributed by atoms with Crippen molar-refractivity contribution in [3.05, 3.63) is 81.9 Å². The fraction of sp³-hybridized carbons (Fsp3) is 0.393. The molecule has 0 aromatic heterocycles. The molecule has 5 aliphatic rings. The highest BCUT2D eigenvalue weighted by atomic mass is 19.1. The van der Waals surface area contributed by atoms with Gasteiger partial charge >= 0.3 is 5.97 Å². The number of carboxylic acid groups (broad SMARTS) is 1. The van der Waals surface area contributed by atoms with Crippen LogP contribution in [0, 0.1) is 17.0 Å². The number of hydrogen-bond donors (Lipinski definition) is 1. The SMILES string of the molecule is C[C@@H]1CC2=C(Cc3ccccc32)[C@@H](c2c(F)cc(/C=C/C(=O)O)cc2F)N1C12CC(C)(C1)C2. The summed E-state index contributed by atoms with van der Waals surface area (Å²) >= 11 is 0. The molecule has 1 N–H and O–H groups in total. The lowest BCUT2D eigenvalue weighted by atomic mass is 9.39. The zero-order valence-electron chi connectivity index (χ0n) is 18.9. The monoisotopic (exact) mass is 447 g/mol. The fourth-order valence-corrected chi connectivity index (χ4v) is 7.46. The van der Waals surface area contributed by atoms with Crippen LogP contribution in [0.25, 0.3) is 11.6 Å². The van der Waals surface area contributed by atoms with Crippen molar-refractivity contribution in [2.45, 2.75) is 63.6 Å². The summed E-state index contributed by atoms with van der Waals surface area (Å²) in [5, 5.41) is 8.89. The van der Waals surface area contributed by atoms with E-state index in [0.29, 0.717) is 11.8 Å². The molecule has 3 fully saturated rings. The molecule has 3 nitrogen and oxygen atoms in total. The molecular formula is C28H27F2NO2. The summed E-state index contributed by atoms with van der Waals surface area (Å²) < 4.78 is 31.3. The lowest BCUT2D eigenvalue weighted by Crippen LogP contribution is -2.75. The predicted octanol–water partition coefficient (Wildman–Crippen LogP) is 6.15. The molecule has 2 bridgehead atoms. The molecule has 1 heterocycles. The minimum Gasteiger partial charge on any atom is -0.478 e. The van der Waals surface area contributed by atoms with E-state index in [4.69, 9.17) is 5.11 Å². The summed E-state index contributed by atoms with van der Waals surface area (Å²) in [6.45, 7) is 4.50. The van der Waals surface area contributed by atoms with Gasteiger partial charge in [0.15, 0.2) is 0 Å². The van der Waals surface area contributed by atoms with Gasteiger partial charge in [-0.1, -0.05) is 31.2 Å². The van der Waals surface area contributed by atoms with Crippen molar-refractivity contribution >= 4 is 17.6 Å². The topological polar surface area (TPSA) is 40.5 Å². The molecule has 2 aromatic carbocycles. The van der Waals surface area contributed by atoms with Crippen LogP contribution in [0.3, 0.4) is 0 Å². The summed E-state index contributed by atoms with van der Waals surface area (Å²) in [6, 6.07) is 10.6. The third-order valence-electron chi connectivity index (χ3n) is 8.30.